The minimum Gasteiger partial charge on any atom is -0.475 e. The van der Waals surface area contributed by atoms with Crippen LogP contribution >= 0.6 is 67.8 Å². The number of nitrogens with one attached hydrogen (secondary N) is 2. The van der Waals surface area contributed by atoms with Crippen LogP contribution in [0.3, 0.4) is 0 Å². The number of carbonyl (C=O) groups is 2. The summed E-state index contributed by atoms with van der Waals surface area (Å²) in [6, 6.07) is 0. The molecule has 1 aliphatic heterocycles. The molecule has 0 radical (unpaired) electrons. The van der Waals surface area contributed by atoms with Crippen molar-refractivity contribution in [2.75, 3.05) is 32.9 Å². The Morgan fingerprint density at radius 3 is 1.82 bits per heavy atom. The van der Waals surface area contributed by atoms with Gasteiger partial charge in [-0.25, -0.2) is 4.99 Å². The lowest BCUT2D eigenvalue weighted by Crippen LogP contribution is -2.36. The third-order valence-corrected chi connectivity index (χ3v) is 7.77. The molecular formula is C19H24I3N3O8. The lowest BCUT2D eigenvalue weighted by atomic mass is 10.1. The molecule has 1 fully saturated rings. The summed E-state index contributed by atoms with van der Waals surface area (Å²) >= 11 is 5.79. The molecule has 7 N–H and O–H groups in total. The molecule has 33 heavy (non-hydrogen) atoms. The summed E-state index contributed by atoms with van der Waals surface area (Å²) in [6.07, 6.45) is -1.58. The monoisotopic (exact) mass is 803 g/mol. The molecule has 3 atom stereocenters. The van der Waals surface area contributed by atoms with Gasteiger partial charge in [-0.2, -0.15) is 0 Å². The molecule has 14 heteroatoms. The molecule has 1 heterocycles. The van der Waals surface area contributed by atoms with Gasteiger partial charge in [-0.15, -0.1) is 0 Å². The molecule has 184 valence electrons. The van der Waals surface area contributed by atoms with Gasteiger partial charge in [0, 0.05) is 23.1 Å². The van der Waals surface area contributed by atoms with Crippen LogP contribution in [0.25, 0.3) is 0 Å². The molecule has 0 saturated carbocycles. The van der Waals surface area contributed by atoms with Gasteiger partial charge in [-0.3, -0.25) is 9.59 Å². The lowest BCUT2D eigenvalue weighted by molar-refractivity contribution is 0.0798. The topological polar surface area (TPSA) is 181 Å². The fourth-order valence-corrected chi connectivity index (χ4v) is 7.19. The van der Waals surface area contributed by atoms with Crippen molar-refractivity contribution >= 4 is 91.2 Å². The van der Waals surface area contributed by atoms with Gasteiger partial charge in [0.1, 0.15) is 6.10 Å². The molecule has 1 aliphatic rings. The average molecular weight is 803 g/mol. The fourth-order valence-electron chi connectivity index (χ4n) is 2.80. The van der Waals surface area contributed by atoms with E-state index in [0.717, 1.165) is 0 Å². The van der Waals surface area contributed by atoms with Crippen molar-refractivity contribution in [3.8, 4) is 0 Å². The highest BCUT2D eigenvalue weighted by Gasteiger charge is 2.29. The Labute approximate surface area is 230 Å². The Kier molecular flexibility index (Phi) is 11.9. The zero-order valence-corrected chi connectivity index (χ0v) is 23.7. The van der Waals surface area contributed by atoms with E-state index < -0.39 is 37.2 Å². The second-order valence-electron chi connectivity index (χ2n) is 7.10. The maximum Gasteiger partial charge on any atom is 0.253 e. The largest absolute Gasteiger partial charge is 0.475 e. The van der Waals surface area contributed by atoms with Gasteiger partial charge in [0.15, 0.2) is 5.90 Å². The van der Waals surface area contributed by atoms with Crippen molar-refractivity contribution in [2.45, 2.75) is 31.2 Å². The van der Waals surface area contributed by atoms with Crippen LogP contribution in [0.2, 0.25) is 0 Å². The third kappa shape index (κ3) is 7.55. The Balaban J connectivity index is 2.55. The van der Waals surface area contributed by atoms with Crippen molar-refractivity contribution in [1.82, 2.24) is 10.6 Å². The first kappa shape index (κ1) is 28.9. The van der Waals surface area contributed by atoms with E-state index in [-0.39, 0.29) is 36.9 Å². The SMILES string of the molecule is O=C(NCC(O)CO)c1c(I)c(N=C2CCC(CO)O2)c(I)c(C(=O)NCC(O)CO)c1I. The van der Waals surface area contributed by atoms with Gasteiger partial charge < -0.3 is 40.9 Å². The Morgan fingerprint density at radius 2 is 1.42 bits per heavy atom. The number of ether oxygens (including phenoxy) is 1. The molecule has 2 amide bonds. The number of hydrogen-bond acceptors (Lipinski definition) is 9. The molecule has 0 spiro atoms. The third-order valence-electron chi connectivity index (χ3n) is 4.59. The number of carbonyl (C=O) groups excluding carboxylic acids is 2. The van der Waals surface area contributed by atoms with Gasteiger partial charge in [0.2, 0.25) is 0 Å². The van der Waals surface area contributed by atoms with E-state index in [2.05, 4.69) is 15.6 Å². The van der Waals surface area contributed by atoms with E-state index in [1.165, 1.54) is 0 Å². The Morgan fingerprint density at radius 1 is 0.939 bits per heavy atom. The lowest BCUT2D eigenvalue weighted by Gasteiger charge is -2.18. The van der Waals surface area contributed by atoms with Crippen molar-refractivity contribution in [2.24, 2.45) is 4.99 Å². The summed E-state index contributed by atoms with van der Waals surface area (Å²) in [5.41, 5.74) is 0.655. The van der Waals surface area contributed by atoms with Crippen molar-refractivity contribution in [3.05, 3.63) is 21.8 Å². The number of benzene rings is 1. The highest BCUT2D eigenvalue weighted by Crippen LogP contribution is 2.38. The molecule has 3 unspecified atom stereocenters. The maximum absolute atomic E-state index is 13.0. The second kappa shape index (κ2) is 13.6. The van der Waals surface area contributed by atoms with E-state index in [1.54, 1.807) is 0 Å². The van der Waals surface area contributed by atoms with Gasteiger partial charge in [0.25, 0.3) is 11.8 Å². The smallest absolute Gasteiger partial charge is 0.253 e. The summed E-state index contributed by atoms with van der Waals surface area (Å²) in [5.74, 6) is -0.770. The van der Waals surface area contributed by atoms with Crippen LogP contribution < -0.4 is 10.6 Å². The molecule has 0 aliphatic carbocycles. The normalized spacial score (nSPS) is 18.7. The number of aliphatic imine (C=N–C) groups is 1. The predicted octanol–water partition coefficient (Wildman–Crippen LogP) is -0.132. The number of aliphatic hydroxyl groups is 5. The van der Waals surface area contributed by atoms with Crippen molar-refractivity contribution in [3.63, 3.8) is 0 Å². The molecule has 2 rings (SSSR count). The zero-order chi connectivity index (χ0) is 24.7. The first-order chi connectivity index (χ1) is 15.6. The van der Waals surface area contributed by atoms with Crippen LogP contribution in [0.5, 0.6) is 0 Å². The summed E-state index contributed by atoms with van der Waals surface area (Å²) < 4.78 is 6.85. The summed E-state index contributed by atoms with van der Waals surface area (Å²) in [6.45, 7) is -1.58. The molecule has 1 aromatic carbocycles. The first-order valence-electron chi connectivity index (χ1n) is 9.84. The minimum atomic E-state index is -1.14. The average Bonchev–Trinajstić information content (AvgIpc) is 3.26. The summed E-state index contributed by atoms with van der Waals surface area (Å²) in [5, 5.41) is 51.6. The number of halogens is 3. The molecular weight excluding hydrogens is 779 g/mol. The quantitative estimate of drug-likeness (QED) is 0.160. The number of rotatable bonds is 10. The van der Waals surface area contributed by atoms with Gasteiger partial charge >= 0.3 is 0 Å². The van der Waals surface area contributed by atoms with Gasteiger partial charge in [-0.05, 0) is 74.2 Å². The Bertz CT molecular complexity index is 862. The van der Waals surface area contributed by atoms with Crippen LogP contribution in [-0.4, -0.2) is 94.5 Å². The highest BCUT2D eigenvalue weighted by molar-refractivity contribution is 14.1. The number of aliphatic hydroxyl groups excluding tert-OH is 5. The van der Waals surface area contributed by atoms with E-state index >= 15 is 0 Å². The van der Waals surface area contributed by atoms with Crippen LogP contribution in [0.1, 0.15) is 33.6 Å². The Hall–Kier alpha value is -0.380. The predicted molar refractivity (Wildman–Crippen MR) is 144 cm³/mol. The number of hydrogen-bond donors (Lipinski definition) is 7. The summed E-state index contributed by atoms with van der Waals surface area (Å²) in [4.78, 5) is 30.5. The van der Waals surface area contributed by atoms with Gasteiger partial charge in [-0.1, -0.05) is 0 Å². The molecule has 0 bridgehead atoms. The molecule has 11 nitrogen and oxygen atoms in total. The van der Waals surface area contributed by atoms with E-state index in [0.29, 0.717) is 35.1 Å². The standard InChI is InChI=1S/C19H24I3N3O8/c20-14-12(18(31)23-3-8(29)5-26)15(21)17(25-11-2-1-10(7-28)33-11)16(22)13(14)19(32)24-4-9(30)6-27/h8-10,26-30H,1-7H2,(H,23,31)(H,24,32). The van der Waals surface area contributed by atoms with E-state index in [1.807, 2.05) is 67.8 Å². The van der Waals surface area contributed by atoms with Crippen LogP contribution in [0.15, 0.2) is 4.99 Å². The molecule has 1 aromatic rings. The molecule has 0 aromatic heterocycles. The minimum absolute atomic E-state index is 0.151. The van der Waals surface area contributed by atoms with Crippen LogP contribution in [-0.2, 0) is 4.74 Å². The highest BCUT2D eigenvalue weighted by atomic mass is 127. The van der Waals surface area contributed by atoms with Crippen molar-refractivity contribution < 1.29 is 39.9 Å². The van der Waals surface area contributed by atoms with E-state index in [4.69, 9.17) is 14.9 Å². The molecule has 1 saturated heterocycles. The second-order valence-corrected chi connectivity index (χ2v) is 10.3. The number of amides is 2. The maximum atomic E-state index is 13.0. The van der Waals surface area contributed by atoms with Crippen LogP contribution in [0.4, 0.5) is 5.69 Å². The van der Waals surface area contributed by atoms with Crippen LogP contribution in [0, 0.1) is 10.7 Å². The summed E-state index contributed by atoms with van der Waals surface area (Å²) in [7, 11) is 0. The van der Waals surface area contributed by atoms with Gasteiger partial charge in [0.05, 0.1) is 56.0 Å². The first-order valence-corrected chi connectivity index (χ1v) is 13.1. The van der Waals surface area contributed by atoms with Crippen molar-refractivity contribution in [1.29, 1.82) is 0 Å². The zero-order valence-electron chi connectivity index (χ0n) is 17.2. The fraction of sp³-hybridized carbons (Fsp3) is 0.526. The number of nitrogens with zero attached hydrogens (tertiary/aromatic N) is 1. The van der Waals surface area contributed by atoms with E-state index in [9.17, 15) is 24.9 Å².